The van der Waals surface area contributed by atoms with Crippen LogP contribution in [0.3, 0.4) is 0 Å². The zero-order chi connectivity index (χ0) is 11.8. The van der Waals surface area contributed by atoms with E-state index < -0.39 is 8.07 Å². The monoisotopic (exact) mass is 234 g/mol. The van der Waals surface area contributed by atoms with Gasteiger partial charge in [0.05, 0.1) is 13.6 Å². The van der Waals surface area contributed by atoms with Gasteiger partial charge in [0.15, 0.2) is 0 Å². The number of carbonyl (C=O) groups is 1. The summed E-state index contributed by atoms with van der Waals surface area (Å²) in [5, 5.41) is 0. The van der Waals surface area contributed by atoms with Gasteiger partial charge in [0.25, 0.3) is 0 Å². The van der Waals surface area contributed by atoms with Crippen molar-refractivity contribution < 1.29 is 9.53 Å². The zero-order valence-corrected chi connectivity index (χ0v) is 11.1. The molecule has 1 fully saturated rings. The van der Waals surface area contributed by atoms with Crippen molar-refractivity contribution in [1.82, 2.24) is 0 Å². The fourth-order valence-electron chi connectivity index (χ4n) is 2.29. The molecule has 2 rings (SSSR count). The Balaban J connectivity index is 2.05. The summed E-state index contributed by atoms with van der Waals surface area (Å²) in [6.45, 7) is 6.70. The average molecular weight is 234 g/mol. The van der Waals surface area contributed by atoms with Gasteiger partial charge in [0, 0.05) is 6.42 Å². The number of ether oxygens (including phenoxy) is 1. The van der Waals surface area contributed by atoms with E-state index in [1.807, 2.05) is 18.2 Å². The first-order chi connectivity index (χ1) is 7.48. The van der Waals surface area contributed by atoms with E-state index in [1.165, 1.54) is 5.56 Å². The fraction of sp³-hybridized carbons (Fsp3) is 0.462. The SMILES string of the molecule is C[Si](C)(C)C1C(=O)O[C@@H]1Cc1ccccc1. The maximum Gasteiger partial charge on any atom is 0.310 e. The minimum atomic E-state index is -1.43. The maximum atomic E-state index is 11.5. The van der Waals surface area contributed by atoms with Crippen LogP contribution < -0.4 is 0 Å². The molecule has 16 heavy (non-hydrogen) atoms. The van der Waals surface area contributed by atoms with Gasteiger partial charge in [-0.15, -0.1) is 0 Å². The lowest BCUT2D eigenvalue weighted by molar-refractivity contribution is -0.169. The Hall–Kier alpha value is -1.09. The summed E-state index contributed by atoms with van der Waals surface area (Å²) in [6, 6.07) is 10.2. The summed E-state index contributed by atoms with van der Waals surface area (Å²) in [5.74, 6) is 0.0140. The zero-order valence-electron chi connectivity index (χ0n) is 10.1. The molecule has 2 atom stereocenters. The molecule has 1 aromatic rings. The third kappa shape index (κ3) is 2.19. The van der Waals surface area contributed by atoms with Crippen molar-refractivity contribution in [3.8, 4) is 0 Å². The minimum absolute atomic E-state index is 0.0140. The van der Waals surface area contributed by atoms with Crippen LogP contribution in [-0.4, -0.2) is 20.1 Å². The molecule has 0 aliphatic carbocycles. The lowest BCUT2D eigenvalue weighted by atomic mass is 10.0. The van der Waals surface area contributed by atoms with Crippen LogP contribution in [0.2, 0.25) is 25.2 Å². The highest BCUT2D eigenvalue weighted by Gasteiger charge is 2.49. The van der Waals surface area contributed by atoms with Gasteiger partial charge in [0.1, 0.15) is 6.10 Å². The van der Waals surface area contributed by atoms with Gasteiger partial charge in [-0.3, -0.25) is 4.79 Å². The number of cyclic esters (lactones) is 1. The predicted octanol–water partition coefficient (Wildman–Crippen LogP) is 2.86. The molecule has 1 saturated heterocycles. The third-order valence-corrected chi connectivity index (χ3v) is 5.58. The van der Waals surface area contributed by atoms with Crippen molar-refractivity contribution in [1.29, 1.82) is 0 Å². The van der Waals surface area contributed by atoms with Gasteiger partial charge >= 0.3 is 5.97 Å². The number of benzene rings is 1. The van der Waals surface area contributed by atoms with Crippen molar-refractivity contribution >= 4 is 14.0 Å². The topological polar surface area (TPSA) is 26.3 Å². The van der Waals surface area contributed by atoms with E-state index in [0.29, 0.717) is 0 Å². The summed E-state index contributed by atoms with van der Waals surface area (Å²) in [5.41, 5.74) is 1.43. The van der Waals surface area contributed by atoms with Crippen LogP contribution in [0, 0.1) is 0 Å². The van der Waals surface area contributed by atoms with Gasteiger partial charge < -0.3 is 4.74 Å². The van der Waals surface area contributed by atoms with E-state index in [1.54, 1.807) is 0 Å². The summed E-state index contributed by atoms with van der Waals surface area (Å²) >= 11 is 0. The Morgan fingerprint density at radius 1 is 1.19 bits per heavy atom. The first-order valence-electron chi connectivity index (χ1n) is 5.73. The average Bonchev–Trinajstić information content (AvgIpc) is 2.15. The smallest absolute Gasteiger partial charge is 0.310 e. The van der Waals surface area contributed by atoms with Crippen LogP contribution in [0.15, 0.2) is 30.3 Å². The van der Waals surface area contributed by atoms with E-state index in [4.69, 9.17) is 4.74 Å². The molecule has 1 aromatic carbocycles. The number of hydrogen-bond acceptors (Lipinski definition) is 2. The third-order valence-electron chi connectivity index (χ3n) is 3.11. The van der Waals surface area contributed by atoms with Gasteiger partial charge in [-0.2, -0.15) is 0 Å². The number of esters is 1. The van der Waals surface area contributed by atoms with E-state index in [0.717, 1.165) is 6.42 Å². The van der Waals surface area contributed by atoms with E-state index in [2.05, 4.69) is 31.8 Å². The van der Waals surface area contributed by atoms with E-state index in [9.17, 15) is 4.79 Å². The molecule has 1 aliphatic heterocycles. The van der Waals surface area contributed by atoms with Crippen LogP contribution in [0.1, 0.15) is 5.56 Å². The Bertz CT molecular complexity index is 381. The van der Waals surface area contributed by atoms with Crippen molar-refractivity contribution in [3.63, 3.8) is 0 Å². The number of rotatable bonds is 3. The second kappa shape index (κ2) is 4.05. The van der Waals surface area contributed by atoms with Crippen molar-refractivity contribution in [2.75, 3.05) is 0 Å². The van der Waals surface area contributed by atoms with Crippen molar-refractivity contribution in [3.05, 3.63) is 35.9 Å². The quantitative estimate of drug-likeness (QED) is 0.594. The molecule has 1 unspecified atom stereocenters. The fourth-order valence-corrected chi connectivity index (χ4v) is 4.36. The molecular formula is C13H18O2Si. The lowest BCUT2D eigenvalue weighted by Crippen LogP contribution is -2.53. The molecule has 2 nitrogen and oxygen atoms in total. The van der Waals surface area contributed by atoms with Crippen LogP contribution in [0.5, 0.6) is 0 Å². The molecule has 3 heteroatoms. The first-order valence-corrected chi connectivity index (χ1v) is 9.30. The second-order valence-electron chi connectivity index (χ2n) is 5.51. The van der Waals surface area contributed by atoms with E-state index >= 15 is 0 Å². The van der Waals surface area contributed by atoms with Crippen LogP contribution >= 0.6 is 0 Å². The maximum absolute atomic E-state index is 11.5. The highest BCUT2D eigenvalue weighted by Crippen LogP contribution is 2.38. The molecule has 86 valence electrons. The largest absolute Gasteiger partial charge is 0.461 e. The first kappa shape index (κ1) is 11.4. The summed E-state index contributed by atoms with van der Waals surface area (Å²) in [6.07, 6.45) is 0.975. The van der Waals surface area contributed by atoms with Gasteiger partial charge in [-0.25, -0.2) is 0 Å². The van der Waals surface area contributed by atoms with Gasteiger partial charge in [0.2, 0.25) is 0 Å². The molecule has 1 heterocycles. The van der Waals surface area contributed by atoms with Gasteiger partial charge in [-0.1, -0.05) is 50.0 Å². The molecule has 0 radical (unpaired) electrons. The van der Waals surface area contributed by atoms with Crippen molar-refractivity contribution in [2.24, 2.45) is 0 Å². The van der Waals surface area contributed by atoms with Crippen LogP contribution in [-0.2, 0) is 16.0 Å². The molecule has 0 N–H and O–H groups in total. The minimum Gasteiger partial charge on any atom is -0.461 e. The molecular weight excluding hydrogens is 216 g/mol. The van der Waals surface area contributed by atoms with Crippen LogP contribution in [0.4, 0.5) is 0 Å². The Morgan fingerprint density at radius 3 is 2.31 bits per heavy atom. The number of hydrogen-bond donors (Lipinski definition) is 0. The molecule has 0 bridgehead atoms. The van der Waals surface area contributed by atoms with E-state index in [-0.39, 0.29) is 17.6 Å². The lowest BCUT2D eigenvalue weighted by Gasteiger charge is -2.42. The van der Waals surface area contributed by atoms with Crippen LogP contribution in [0.25, 0.3) is 0 Å². The normalized spacial score (nSPS) is 24.8. The second-order valence-corrected chi connectivity index (χ2v) is 10.9. The Morgan fingerprint density at radius 2 is 1.81 bits per heavy atom. The Labute approximate surface area is 97.6 Å². The Kier molecular flexibility index (Phi) is 2.89. The highest BCUT2D eigenvalue weighted by atomic mass is 28.3. The predicted molar refractivity (Wildman–Crippen MR) is 67.1 cm³/mol. The summed E-state index contributed by atoms with van der Waals surface area (Å²) in [7, 11) is -1.43. The highest BCUT2D eigenvalue weighted by molar-refractivity contribution is 6.81. The number of carbonyl (C=O) groups excluding carboxylic acids is 1. The van der Waals surface area contributed by atoms with Crippen molar-refractivity contribution in [2.45, 2.75) is 37.7 Å². The van der Waals surface area contributed by atoms with Gasteiger partial charge in [-0.05, 0) is 5.56 Å². The molecule has 1 aliphatic rings. The molecule has 0 aromatic heterocycles. The standard InChI is InChI=1S/C13H18O2Si/c1-16(2,3)12-11(15-13(12)14)9-10-7-5-4-6-8-10/h4-8,11-12H,9H2,1-3H3/t11-,12?/m1/s1. The molecule has 0 spiro atoms. The molecule has 0 saturated carbocycles. The summed E-state index contributed by atoms with van der Waals surface area (Å²) < 4.78 is 5.28. The molecule has 0 amide bonds. The summed E-state index contributed by atoms with van der Waals surface area (Å²) in [4.78, 5) is 11.5.